The van der Waals surface area contributed by atoms with Crippen LogP contribution in [0.1, 0.15) is 21.7 Å². The fourth-order valence-corrected chi connectivity index (χ4v) is 3.49. The minimum Gasteiger partial charge on any atom is -0.493 e. The number of methoxy groups -OCH3 is 2. The Morgan fingerprint density at radius 3 is 2.39 bits per heavy atom. The maximum absolute atomic E-state index is 12.8. The van der Waals surface area contributed by atoms with Crippen LogP contribution < -0.4 is 25.7 Å². The van der Waals surface area contributed by atoms with E-state index in [1.54, 1.807) is 24.3 Å². The van der Waals surface area contributed by atoms with Crippen LogP contribution in [0.5, 0.6) is 11.5 Å². The number of anilines is 1. The fraction of sp³-hybridized carbons (Fsp3) is 0.160. The molecule has 0 atom stereocenters. The van der Waals surface area contributed by atoms with Crippen molar-refractivity contribution in [2.75, 3.05) is 19.5 Å². The molecule has 0 aliphatic rings. The van der Waals surface area contributed by atoms with Gasteiger partial charge in [-0.1, -0.05) is 42.5 Å². The van der Waals surface area contributed by atoms with E-state index in [2.05, 4.69) is 20.6 Å². The first kappa shape index (κ1) is 21.9. The van der Waals surface area contributed by atoms with Crippen LogP contribution in [0.3, 0.4) is 0 Å². The van der Waals surface area contributed by atoms with Gasteiger partial charge < -0.3 is 25.1 Å². The quantitative estimate of drug-likeness (QED) is 0.384. The third kappa shape index (κ3) is 4.95. The van der Waals surface area contributed by atoms with E-state index in [0.717, 1.165) is 5.56 Å². The molecule has 8 heteroatoms. The Bertz CT molecular complexity index is 1340. The van der Waals surface area contributed by atoms with Crippen LogP contribution in [0.4, 0.5) is 5.69 Å². The molecule has 3 aromatic carbocycles. The number of aromatic nitrogens is 2. The van der Waals surface area contributed by atoms with Gasteiger partial charge in [0, 0.05) is 18.3 Å². The Kier molecular flexibility index (Phi) is 6.54. The van der Waals surface area contributed by atoms with Crippen molar-refractivity contribution in [3.8, 4) is 11.5 Å². The van der Waals surface area contributed by atoms with Crippen molar-refractivity contribution in [1.82, 2.24) is 15.3 Å². The number of ether oxygens (including phenoxy) is 2. The first-order valence-electron chi connectivity index (χ1n) is 10.4. The average Bonchev–Trinajstić information content (AvgIpc) is 2.86. The van der Waals surface area contributed by atoms with Gasteiger partial charge in [0.2, 0.25) is 0 Å². The maximum atomic E-state index is 12.8. The van der Waals surface area contributed by atoms with Gasteiger partial charge in [-0.05, 0) is 23.8 Å². The number of hydrogen-bond donors (Lipinski definition) is 3. The molecule has 3 N–H and O–H groups in total. The predicted molar refractivity (Wildman–Crippen MR) is 127 cm³/mol. The summed E-state index contributed by atoms with van der Waals surface area (Å²) in [6.45, 7) is 0.654. The molecule has 8 nitrogen and oxygen atoms in total. The lowest BCUT2D eigenvalue weighted by Gasteiger charge is -2.13. The highest BCUT2D eigenvalue weighted by atomic mass is 16.5. The average molecular weight is 444 g/mol. The number of carbonyl (C=O) groups excluding carboxylic acids is 1. The van der Waals surface area contributed by atoms with E-state index >= 15 is 0 Å². The topological polar surface area (TPSA) is 105 Å². The van der Waals surface area contributed by atoms with Crippen LogP contribution in [0, 0.1) is 0 Å². The van der Waals surface area contributed by atoms with Crippen LogP contribution in [-0.2, 0) is 13.1 Å². The summed E-state index contributed by atoms with van der Waals surface area (Å²) in [5.41, 5.74) is 2.36. The Hall–Kier alpha value is -4.33. The van der Waals surface area contributed by atoms with Crippen molar-refractivity contribution < 1.29 is 14.3 Å². The van der Waals surface area contributed by atoms with E-state index in [1.165, 1.54) is 14.2 Å². The zero-order valence-electron chi connectivity index (χ0n) is 18.3. The third-order valence-electron chi connectivity index (χ3n) is 5.17. The molecule has 0 saturated carbocycles. The number of fused-ring (bicyclic) bond motifs is 1. The first-order chi connectivity index (χ1) is 16.1. The minimum absolute atomic E-state index is 0.196. The summed E-state index contributed by atoms with van der Waals surface area (Å²) in [5, 5.41) is 6.53. The molecular weight excluding hydrogens is 420 g/mol. The van der Waals surface area contributed by atoms with Crippen molar-refractivity contribution in [2.24, 2.45) is 0 Å². The van der Waals surface area contributed by atoms with E-state index < -0.39 is 0 Å². The molecule has 0 spiro atoms. The van der Waals surface area contributed by atoms with E-state index in [-0.39, 0.29) is 18.0 Å². The molecule has 0 radical (unpaired) electrons. The normalized spacial score (nSPS) is 10.6. The first-order valence-corrected chi connectivity index (χ1v) is 10.4. The fourth-order valence-electron chi connectivity index (χ4n) is 3.49. The van der Waals surface area contributed by atoms with Crippen LogP contribution in [0.15, 0.2) is 71.5 Å². The van der Waals surface area contributed by atoms with Crippen LogP contribution >= 0.6 is 0 Å². The molecule has 0 fully saturated rings. The lowest BCUT2D eigenvalue weighted by molar-refractivity contribution is 0.0951. The van der Waals surface area contributed by atoms with Crippen LogP contribution in [0.25, 0.3) is 10.9 Å². The van der Waals surface area contributed by atoms with Crippen molar-refractivity contribution in [2.45, 2.75) is 13.1 Å². The van der Waals surface area contributed by atoms with Crippen molar-refractivity contribution >= 4 is 22.5 Å². The van der Waals surface area contributed by atoms with Crippen molar-refractivity contribution in [3.05, 3.63) is 94.0 Å². The molecular formula is C25H24N4O4. The van der Waals surface area contributed by atoms with E-state index in [1.807, 2.05) is 42.5 Å². The van der Waals surface area contributed by atoms with Gasteiger partial charge in [-0.25, -0.2) is 4.98 Å². The van der Waals surface area contributed by atoms with Gasteiger partial charge in [0.25, 0.3) is 11.5 Å². The number of H-pyrrole nitrogens is 1. The molecule has 0 bridgehead atoms. The van der Waals surface area contributed by atoms with E-state index in [0.29, 0.717) is 46.0 Å². The number of aromatic amines is 1. The largest absolute Gasteiger partial charge is 0.493 e. The molecule has 168 valence electrons. The Morgan fingerprint density at radius 1 is 0.939 bits per heavy atom. The summed E-state index contributed by atoms with van der Waals surface area (Å²) in [4.78, 5) is 32.7. The second kappa shape index (κ2) is 9.86. The van der Waals surface area contributed by atoms with Gasteiger partial charge in [-0.2, -0.15) is 0 Å². The summed E-state index contributed by atoms with van der Waals surface area (Å²) in [6, 6.07) is 20.2. The molecule has 0 aliphatic heterocycles. The number of rotatable bonds is 8. The highest BCUT2D eigenvalue weighted by Crippen LogP contribution is 2.30. The predicted octanol–water partition coefficient (Wildman–Crippen LogP) is 3.48. The Morgan fingerprint density at radius 2 is 1.64 bits per heavy atom. The molecule has 1 amide bonds. The lowest BCUT2D eigenvalue weighted by Crippen LogP contribution is -2.24. The SMILES string of the molecule is COc1cc2nc(CNc3ccccc3C(=O)NCc3ccccc3)[nH]c(=O)c2cc1OC. The highest BCUT2D eigenvalue weighted by molar-refractivity contribution is 5.99. The highest BCUT2D eigenvalue weighted by Gasteiger charge is 2.13. The zero-order valence-corrected chi connectivity index (χ0v) is 18.3. The van der Waals surface area contributed by atoms with E-state index in [9.17, 15) is 9.59 Å². The van der Waals surface area contributed by atoms with Crippen molar-refractivity contribution in [1.29, 1.82) is 0 Å². The number of amides is 1. The third-order valence-corrected chi connectivity index (χ3v) is 5.17. The molecule has 0 unspecified atom stereocenters. The number of benzene rings is 3. The number of hydrogen-bond acceptors (Lipinski definition) is 6. The van der Waals surface area contributed by atoms with Gasteiger partial charge in [0.05, 0.1) is 37.2 Å². The molecule has 4 aromatic rings. The zero-order chi connectivity index (χ0) is 23.2. The summed E-state index contributed by atoms with van der Waals surface area (Å²) >= 11 is 0. The number of para-hydroxylation sites is 1. The molecule has 33 heavy (non-hydrogen) atoms. The number of nitrogens with zero attached hydrogens (tertiary/aromatic N) is 1. The Labute approximate surface area is 190 Å². The van der Waals surface area contributed by atoms with Crippen LogP contribution in [0.2, 0.25) is 0 Å². The van der Waals surface area contributed by atoms with Crippen LogP contribution in [-0.4, -0.2) is 30.1 Å². The van der Waals surface area contributed by atoms with Gasteiger partial charge >= 0.3 is 0 Å². The summed E-state index contributed by atoms with van der Waals surface area (Å²) in [7, 11) is 3.04. The number of carbonyl (C=O) groups is 1. The monoisotopic (exact) mass is 444 g/mol. The van der Waals surface area contributed by atoms with E-state index in [4.69, 9.17) is 9.47 Å². The summed E-state index contributed by atoms with van der Waals surface area (Å²) in [6.07, 6.45) is 0. The summed E-state index contributed by atoms with van der Waals surface area (Å²) < 4.78 is 10.6. The summed E-state index contributed by atoms with van der Waals surface area (Å²) in [5.74, 6) is 1.18. The van der Waals surface area contributed by atoms with Gasteiger partial charge in [0.15, 0.2) is 11.5 Å². The molecule has 1 heterocycles. The molecule has 0 aliphatic carbocycles. The second-order valence-corrected chi connectivity index (χ2v) is 7.30. The maximum Gasteiger partial charge on any atom is 0.258 e. The molecule has 1 aromatic heterocycles. The van der Waals surface area contributed by atoms with Crippen molar-refractivity contribution in [3.63, 3.8) is 0 Å². The smallest absolute Gasteiger partial charge is 0.258 e. The standard InChI is InChI=1S/C25H24N4O4/c1-32-21-12-18-20(13-22(21)33-2)28-23(29-25(18)31)15-26-19-11-7-6-10-17(19)24(30)27-14-16-8-4-3-5-9-16/h3-13,26H,14-15H2,1-2H3,(H,27,30)(H,28,29,31). The molecule has 0 saturated heterocycles. The van der Waals surface area contributed by atoms with Gasteiger partial charge in [-0.3, -0.25) is 9.59 Å². The van der Waals surface area contributed by atoms with Gasteiger partial charge in [-0.15, -0.1) is 0 Å². The molecule has 4 rings (SSSR count). The van der Waals surface area contributed by atoms with Gasteiger partial charge in [0.1, 0.15) is 5.82 Å². The lowest BCUT2D eigenvalue weighted by atomic mass is 10.1. The number of nitrogens with one attached hydrogen (secondary N) is 3. The Balaban J connectivity index is 1.52. The second-order valence-electron chi connectivity index (χ2n) is 7.30. The minimum atomic E-state index is -0.286.